The summed E-state index contributed by atoms with van der Waals surface area (Å²) < 4.78 is 0. The second kappa shape index (κ2) is 7.52. The van der Waals surface area contributed by atoms with Crippen LogP contribution in [0.1, 0.15) is 15.9 Å². The number of phenols is 1. The lowest BCUT2D eigenvalue weighted by Crippen LogP contribution is -2.09. The third-order valence-corrected chi connectivity index (χ3v) is 3.93. The Morgan fingerprint density at radius 3 is 2.50 bits per heavy atom. The monoisotopic (exact) mass is 350 g/mol. The summed E-state index contributed by atoms with van der Waals surface area (Å²) >= 11 is 0. The number of anilines is 2. The van der Waals surface area contributed by atoms with Crippen molar-refractivity contribution in [3.63, 3.8) is 0 Å². The number of hydrogen-bond acceptors (Lipinski definition) is 6. The minimum Gasteiger partial charge on any atom is -0.507 e. The van der Waals surface area contributed by atoms with Crippen LogP contribution in [0.3, 0.4) is 0 Å². The average molecular weight is 350 g/mol. The highest BCUT2D eigenvalue weighted by molar-refractivity contribution is 5.87. The van der Waals surface area contributed by atoms with Crippen LogP contribution in [0.15, 0.2) is 54.6 Å². The number of aromatic carboxylic acids is 1. The second-order valence-corrected chi connectivity index (χ2v) is 5.72. The van der Waals surface area contributed by atoms with E-state index in [0.29, 0.717) is 29.9 Å². The molecule has 5 N–H and O–H groups in total. The van der Waals surface area contributed by atoms with Gasteiger partial charge in [0.25, 0.3) is 0 Å². The van der Waals surface area contributed by atoms with Gasteiger partial charge in [0.1, 0.15) is 5.75 Å². The summed E-state index contributed by atoms with van der Waals surface area (Å²) in [5, 5.41) is 30.0. The van der Waals surface area contributed by atoms with Gasteiger partial charge in [-0.1, -0.05) is 24.3 Å². The van der Waals surface area contributed by atoms with Gasteiger partial charge in [-0.25, -0.2) is 4.79 Å². The largest absolute Gasteiger partial charge is 0.507 e. The van der Waals surface area contributed by atoms with E-state index >= 15 is 0 Å². The van der Waals surface area contributed by atoms with E-state index in [-0.39, 0.29) is 17.1 Å². The van der Waals surface area contributed by atoms with Crippen molar-refractivity contribution in [1.29, 1.82) is 0 Å². The van der Waals surface area contributed by atoms with Crippen molar-refractivity contribution in [2.24, 2.45) is 0 Å². The van der Waals surface area contributed by atoms with Gasteiger partial charge in [-0.15, -0.1) is 10.2 Å². The average Bonchev–Trinajstić information content (AvgIpc) is 2.64. The van der Waals surface area contributed by atoms with Gasteiger partial charge in [0, 0.05) is 12.1 Å². The number of nitrogens with zero attached hydrogens (tertiary/aromatic N) is 2. The predicted octanol–water partition coefficient (Wildman–Crippen LogP) is 2.78. The molecule has 7 nitrogen and oxygen atoms in total. The lowest BCUT2D eigenvalue weighted by atomic mass is 10.1. The molecule has 132 valence electrons. The van der Waals surface area contributed by atoms with Gasteiger partial charge < -0.3 is 21.3 Å². The van der Waals surface area contributed by atoms with Crippen LogP contribution in [0.4, 0.5) is 11.5 Å². The van der Waals surface area contributed by atoms with E-state index in [1.807, 2.05) is 0 Å². The number of phenolic OH excluding ortho intramolecular Hbond substituents is 1. The number of aromatic nitrogens is 2. The molecule has 1 aromatic heterocycles. The minimum absolute atomic E-state index is 0.121. The van der Waals surface area contributed by atoms with Gasteiger partial charge in [-0.05, 0) is 42.3 Å². The zero-order chi connectivity index (χ0) is 18.5. The van der Waals surface area contributed by atoms with Crippen LogP contribution in [0.25, 0.3) is 11.3 Å². The Morgan fingerprint density at radius 2 is 1.81 bits per heavy atom. The normalized spacial score (nSPS) is 10.5. The van der Waals surface area contributed by atoms with E-state index in [1.165, 1.54) is 0 Å². The fourth-order valence-corrected chi connectivity index (χ4v) is 2.52. The maximum atomic E-state index is 10.9. The maximum absolute atomic E-state index is 10.9. The summed E-state index contributed by atoms with van der Waals surface area (Å²) in [6.45, 7) is 0.586. The topological polar surface area (TPSA) is 121 Å². The zero-order valence-corrected chi connectivity index (χ0v) is 13.9. The fourth-order valence-electron chi connectivity index (χ4n) is 2.52. The van der Waals surface area contributed by atoms with Gasteiger partial charge in [0.05, 0.1) is 16.9 Å². The summed E-state index contributed by atoms with van der Waals surface area (Å²) in [4.78, 5) is 10.9. The molecule has 3 rings (SSSR count). The molecule has 0 fully saturated rings. The highest BCUT2D eigenvalue weighted by Crippen LogP contribution is 2.29. The number of carbonyl (C=O) groups is 1. The molecule has 0 aliphatic carbocycles. The molecule has 0 saturated carbocycles. The number of para-hydroxylation sites is 1. The summed E-state index contributed by atoms with van der Waals surface area (Å²) in [6, 6.07) is 15.3. The fraction of sp³-hybridized carbons (Fsp3) is 0.105. The summed E-state index contributed by atoms with van der Waals surface area (Å²) in [5.41, 5.74) is 8.86. The Labute approximate surface area is 150 Å². The third kappa shape index (κ3) is 3.89. The van der Waals surface area contributed by atoms with Crippen LogP contribution >= 0.6 is 0 Å². The van der Waals surface area contributed by atoms with E-state index in [1.54, 1.807) is 54.6 Å². The SMILES string of the molecule is Nc1nnc(-c2ccccc2O)cc1NCCc1ccc(C(=O)O)cc1. The Bertz CT molecular complexity index is 926. The summed E-state index contributed by atoms with van der Waals surface area (Å²) in [7, 11) is 0. The Balaban J connectivity index is 1.69. The van der Waals surface area contributed by atoms with Gasteiger partial charge in [0.15, 0.2) is 5.82 Å². The quantitative estimate of drug-likeness (QED) is 0.539. The molecule has 0 aliphatic heterocycles. The molecule has 1 heterocycles. The molecule has 0 radical (unpaired) electrons. The van der Waals surface area contributed by atoms with Crippen molar-refractivity contribution in [2.75, 3.05) is 17.6 Å². The maximum Gasteiger partial charge on any atom is 0.335 e. The summed E-state index contributed by atoms with van der Waals surface area (Å²) in [5.74, 6) is -0.552. The van der Waals surface area contributed by atoms with E-state index < -0.39 is 5.97 Å². The van der Waals surface area contributed by atoms with Crippen molar-refractivity contribution in [3.8, 4) is 17.0 Å². The van der Waals surface area contributed by atoms with Crippen molar-refractivity contribution in [2.45, 2.75) is 6.42 Å². The van der Waals surface area contributed by atoms with Crippen LogP contribution in [-0.2, 0) is 6.42 Å². The van der Waals surface area contributed by atoms with E-state index in [9.17, 15) is 9.90 Å². The van der Waals surface area contributed by atoms with Crippen molar-refractivity contribution < 1.29 is 15.0 Å². The molecule has 0 aliphatic rings. The smallest absolute Gasteiger partial charge is 0.335 e. The minimum atomic E-state index is -0.943. The van der Waals surface area contributed by atoms with Crippen LogP contribution in [0.5, 0.6) is 5.75 Å². The van der Waals surface area contributed by atoms with Gasteiger partial charge >= 0.3 is 5.97 Å². The number of nitrogen functional groups attached to an aromatic ring is 1. The molecule has 0 spiro atoms. The molecule has 2 aromatic carbocycles. The van der Waals surface area contributed by atoms with Gasteiger partial charge in [0.2, 0.25) is 0 Å². The Hall–Kier alpha value is -3.61. The van der Waals surface area contributed by atoms with E-state index in [2.05, 4.69) is 15.5 Å². The first-order valence-electron chi connectivity index (χ1n) is 8.02. The number of nitrogens with one attached hydrogen (secondary N) is 1. The Kier molecular flexibility index (Phi) is 4.98. The highest BCUT2D eigenvalue weighted by atomic mass is 16.4. The standard InChI is InChI=1S/C19H18N4O3/c20-18-16(11-15(22-23-18)14-3-1-2-4-17(14)24)21-10-9-12-5-7-13(8-6-12)19(25)26/h1-8,11,24H,9-10H2,(H2,20,23)(H,21,22)(H,25,26). The van der Waals surface area contributed by atoms with Crippen LogP contribution in [0, 0.1) is 0 Å². The molecule has 7 heteroatoms. The molecule has 0 bridgehead atoms. The number of nitrogens with two attached hydrogens (primary N) is 1. The number of hydrogen-bond donors (Lipinski definition) is 4. The zero-order valence-electron chi connectivity index (χ0n) is 13.9. The molecular weight excluding hydrogens is 332 g/mol. The molecule has 3 aromatic rings. The lowest BCUT2D eigenvalue weighted by molar-refractivity contribution is 0.0697. The number of benzene rings is 2. The first kappa shape index (κ1) is 17.2. The molecule has 0 unspecified atom stereocenters. The van der Waals surface area contributed by atoms with Crippen molar-refractivity contribution >= 4 is 17.5 Å². The molecule has 0 amide bonds. The molecule has 0 saturated heterocycles. The number of carboxylic acid groups (broad SMARTS) is 1. The molecule has 26 heavy (non-hydrogen) atoms. The highest BCUT2D eigenvalue weighted by Gasteiger charge is 2.09. The third-order valence-electron chi connectivity index (χ3n) is 3.93. The van der Waals surface area contributed by atoms with Crippen molar-refractivity contribution in [3.05, 3.63) is 65.7 Å². The Morgan fingerprint density at radius 1 is 1.08 bits per heavy atom. The van der Waals surface area contributed by atoms with Gasteiger partial charge in [-0.2, -0.15) is 0 Å². The van der Waals surface area contributed by atoms with Crippen LogP contribution < -0.4 is 11.1 Å². The summed E-state index contributed by atoms with van der Waals surface area (Å²) in [6.07, 6.45) is 0.688. The molecular formula is C19H18N4O3. The number of carboxylic acids is 1. The number of rotatable bonds is 6. The first-order chi connectivity index (χ1) is 12.5. The van der Waals surface area contributed by atoms with E-state index in [0.717, 1.165) is 5.56 Å². The number of aromatic hydroxyl groups is 1. The van der Waals surface area contributed by atoms with Crippen LogP contribution in [-0.4, -0.2) is 32.9 Å². The first-order valence-corrected chi connectivity index (χ1v) is 8.02. The van der Waals surface area contributed by atoms with Crippen molar-refractivity contribution in [1.82, 2.24) is 10.2 Å². The molecule has 0 atom stereocenters. The van der Waals surface area contributed by atoms with Crippen LogP contribution in [0.2, 0.25) is 0 Å². The van der Waals surface area contributed by atoms with E-state index in [4.69, 9.17) is 10.8 Å². The second-order valence-electron chi connectivity index (χ2n) is 5.72. The lowest BCUT2D eigenvalue weighted by Gasteiger charge is -2.10. The predicted molar refractivity (Wildman–Crippen MR) is 99.1 cm³/mol. The van der Waals surface area contributed by atoms with Gasteiger partial charge in [-0.3, -0.25) is 0 Å².